The molecular weight excluding hydrogens is 274 g/mol. The maximum Gasteiger partial charge on any atom is 0.246 e. The fourth-order valence-electron chi connectivity index (χ4n) is 2.54. The van der Waals surface area contributed by atoms with Crippen molar-refractivity contribution in [1.82, 2.24) is 15.2 Å². The predicted molar refractivity (Wildman–Crippen MR) is 78.3 cm³/mol. The smallest absolute Gasteiger partial charge is 0.246 e. The molecule has 0 bridgehead atoms. The van der Waals surface area contributed by atoms with Crippen molar-refractivity contribution in [3.05, 3.63) is 16.1 Å². The SMILES string of the molecule is CCCC1NC(=O)C(CC)N(Cc2scnc2C)C1=O. The molecule has 1 aromatic heterocycles. The molecule has 1 aromatic rings. The molecule has 1 saturated heterocycles. The minimum Gasteiger partial charge on any atom is -0.343 e. The highest BCUT2D eigenvalue weighted by molar-refractivity contribution is 7.09. The van der Waals surface area contributed by atoms with Crippen LogP contribution < -0.4 is 5.32 Å². The zero-order valence-electron chi connectivity index (χ0n) is 12.2. The maximum atomic E-state index is 12.6. The van der Waals surface area contributed by atoms with Gasteiger partial charge in [0.2, 0.25) is 11.8 Å². The van der Waals surface area contributed by atoms with Gasteiger partial charge in [0.1, 0.15) is 12.1 Å². The average molecular weight is 295 g/mol. The van der Waals surface area contributed by atoms with E-state index in [0.717, 1.165) is 17.0 Å². The van der Waals surface area contributed by atoms with Gasteiger partial charge in [0.15, 0.2) is 0 Å². The number of piperazine rings is 1. The van der Waals surface area contributed by atoms with Gasteiger partial charge in [-0.05, 0) is 19.8 Å². The summed E-state index contributed by atoms with van der Waals surface area (Å²) in [6.45, 7) is 6.37. The highest BCUT2D eigenvalue weighted by Gasteiger charge is 2.39. The molecule has 0 radical (unpaired) electrons. The van der Waals surface area contributed by atoms with Gasteiger partial charge in [-0.2, -0.15) is 0 Å². The number of carbonyl (C=O) groups is 2. The number of carbonyl (C=O) groups excluding carboxylic acids is 2. The second kappa shape index (κ2) is 6.35. The second-order valence-electron chi connectivity index (χ2n) is 5.10. The number of thiazole rings is 1. The van der Waals surface area contributed by atoms with Crippen LogP contribution in [0.15, 0.2) is 5.51 Å². The molecule has 20 heavy (non-hydrogen) atoms. The lowest BCUT2D eigenvalue weighted by Gasteiger charge is -2.38. The first kappa shape index (κ1) is 15.0. The normalized spacial score (nSPS) is 23.1. The van der Waals surface area contributed by atoms with E-state index in [2.05, 4.69) is 10.3 Å². The molecular formula is C14H21N3O2S. The first-order valence-electron chi connectivity index (χ1n) is 7.08. The van der Waals surface area contributed by atoms with E-state index < -0.39 is 0 Å². The van der Waals surface area contributed by atoms with Crippen molar-refractivity contribution in [2.24, 2.45) is 0 Å². The molecule has 0 spiro atoms. The Morgan fingerprint density at radius 3 is 2.70 bits per heavy atom. The van der Waals surface area contributed by atoms with E-state index in [-0.39, 0.29) is 23.9 Å². The van der Waals surface area contributed by atoms with Crippen LogP contribution >= 0.6 is 11.3 Å². The summed E-state index contributed by atoms with van der Waals surface area (Å²) in [5, 5.41) is 2.85. The van der Waals surface area contributed by atoms with E-state index in [1.54, 1.807) is 10.4 Å². The van der Waals surface area contributed by atoms with Gasteiger partial charge in [-0.15, -0.1) is 11.3 Å². The molecule has 0 aliphatic carbocycles. The summed E-state index contributed by atoms with van der Waals surface area (Å²) in [6, 6.07) is -0.736. The van der Waals surface area contributed by atoms with Crippen LogP contribution in [0.1, 0.15) is 43.7 Å². The summed E-state index contributed by atoms with van der Waals surface area (Å²) < 4.78 is 0. The third-order valence-electron chi connectivity index (χ3n) is 3.70. The zero-order chi connectivity index (χ0) is 14.7. The molecule has 2 atom stereocenters. The van der Waals surface area contributed by atoms with Gasteiger partial charge >= 0.3 is 0 Å². The Labute approximate surface area is 123 Å². The number of nitrogens with one attached hydrogen (secondary N) is 1. The molecule has 2 unspecified atom stereocenters. The molecule has 110 valence electrons. The minimum atomic E-state index is -0.372. The van der Waals surface area contributed by atoms with Gasteiger partial charge in [-0.1, -0.05) is 20.3 Å². The van der Waals surface area contributed by atoms with Gasteiger partial charge in [0, 0.05) is 4.88 Å². The van der Waals surface area contributed by atoms with Crippen molar-refractivity contribution >= 4 is 23.2 Å². The van der Waals surface area contributed by atoms with Gasteiger partial charge in [-0.25, -0.2) is 4.98 Å². The lowest BCUT2D eigenvalue weighted by Crippen LogP contribution is -2.62. The highest BCUT2D eigenvalue weighted by atomic mass is 32.1. The Balaban J connectivity index is 2.22. The Bertz CT molecular complexity index is 500. The molecule has 1 N–H and O–H groups in total. The average Bonchev–Trinajstić information content (AvgIpc) is 2.81. The number of amides is 2. The lowest BCUT2D eigenvalue weighted by atomic mass is 10.0. The van der Waals surface area contributed by atoms with Crippen molar-refractivity contribution in [3.63, 3.8) is 0 Å². The number of rotatable bonds is 5. The summed E-state index contributed by atoms with van der Waals surface area (Å²) in [7, 11) is 0. The van der Waals surface area contributed by atoms with Crippen LogP contribution in [0.5, 0.6) is 0 Å². The Kier molecular flexibility index (Phi) is 4.75. The largest absolute Gasteiger partial charge is 0.343 e. The maximum absolute atomic E-state index is 12.6. The zero-order valence-corrected chi connectivity index (χ0v) is 13.0. The van der Waals surface area contributed by atoms with E-state index in [1.807, 2.05) is 20.8 Å². The fraction of sp³-hybridized carbons (Fsp3) is 0.643. The third kappa shape index (κ3) is 2.85. The topological polar surface area (TPSA) is 62.3 Å². The van der Waals surface area contributed by atoms with E-state index in [0.29, 0.717) is 19.4 Å². The summed E-state index contributed by atoms with van der Waals surface area (Å²) >= 11 is 1.54. The van der Waals surface area contributed by atoms with E-state index in [4.69, 9.17) is 0 Å². The summed E-state index contributed by atoms with van der Waals surface area (Å²) in [4.78, 5) is 31.7. The van der Waals surface area contributed by atoms with Crippen LogP contribution in [0.2, 0.25) is 0 Å². The van der Waals surface area contributed by atoms with Crippen LogP contribution in [0.4, 0.5) is 0 Å². The molecule has 2 rings (SSSR count). The fourth-order valence-corrected chi connectivity index (χ4v) is 3.31. The summed E-state index contributed by atoms with van der Waals surface area (Å²) in [5.74, 6) is -0.00109. The first-order chi connectivity index (χ1) is 9.58. The molecule has 1 aliphatic rings. The Hall–Kier alpha value is -1.43. The van der Waals surface area contributed by atoms with Crippen LogP contribution in [0, 0.1) is 6.92 Å². The molecule has 0 aromatic carbocycles. The Morgan fingerprint density at radius 2 is 2.15 bits per heavy atom. The number of hydrogen-bond donors (Lipinski definition) is 1. The van der Waals surface area contributed by atoms with Crippen LogP contribution in [-0.4, -0.2) is 33.8 Å². The van der Waals surface area contributed by atoms with E-state index >= 15 is 0 Å². The second-order valence-corrected chi connectivity index (χ2v) is 6.04. The first-order valence-corrected chi connectivity index (χ1v) is 7.96. The van der Waals surface area contributed by atoms with Crippen molar-refractivity contribution < 1.29 is 9.59 Å². The molecule has 1 aliphatic heterocycles. The predicted octanol–water partition coefficient (Wildman–Crippen LogP) is 1.86. The standard InChI is InChI=1S/C14H21N3O2S/c1-4-6-10-14(19)17(11(5-2)13(18)16-10)7-12-9(3)15-8-20-12/h8,10-11H,4-7H2,1-3H3,(H,16,18). The van der Waals surface area contributed by atoms with Crippen molar-refractivity contribution in [1.29, 1.82) is 0 Å². The van der Waals surface area contributed by atoms with Crippen molar-refractivity contribution in [3.8, 4) is 0 Å². The van der Waals surface area contributed by atoms with Gasteiger partial charge in [0.05, 0.1) is 17.7 Å². The quantitative estimate of drug-likeness (QED) is 0.902. The van der Waals surface area contributed by atoms with E-state index in [1.165, 1.54) is 11.3 Å². The van der Waals surface area contributed by atoms with Crippen molar-refractivity contribution in [2.45, 2.75) is 58.7 Å². The van der Waals surface area contributed by atoms with Crippen molar-refractivity contribution in [2.75, 3.05) is 0 Å². The molecule has 5 nitrogen and oxygen atoms in total. The molecule has 6 heteroatoms. The monoisotopic (exact) mass is 295 g/mol. The van der Waals surface area contributed by atoms with Gasteiger partial charge in [0.25, 0.3) is 0 Å². The van der Waals surface area contributed by atoms with Gasteiger partial charge in [-0.3, -0.25) is 9.59 Å². The molecule has 2 heterocycles. The lowest BCUT2D eigenvalue weighted by molar-refractivity contribution is -0.150. The summed E-state index contributed by atoms with van der Waals surface area (Å²) in [6.07, 6.45) is 2.20. The highest BCUT2D eigenvalue weighted by Crippen LogP contribution is 2.22. The van der Waals surface area contributed by atoms with Gasteiger partial charge < -0.3 is 10.2 Å². The summed E-state index contributed by atoms with van der Waals surface area (Å²) in [5.41, 5.74) is 2.72. The number of hydrogen-bond acceptors (Lipinski definition) is 4. The van der Waals surface area contributed by atoms with E-state index in [9.17, 15) is 9.59 Å². The number of aryl methyl sites for hydroxylation is 1. The van der Waals surface area contributed by atoms with Crippen LogP contribution in [0.3, 0.4) is 0 Å². The molecule has 2 amide bonds. The van der Waals surface area contributed by atoms with Crippen LogP contribution in [0.25, 0.3) is 0 Å². The minimum absolute atomic E-state index is 0.0334. The van der Waals surface area contributed by atoms with Crippen LogP contribution in [-0.2, 0) is 16.1 Å². The number of aromatic nitrogens is 1. The molecule has 0 saturated carbocycles. The number of nitrogens with zero attached hydrogens (tertiary/aromatic N) is 2. The molecule has 1 fully saturated rings. The Morgan fingerprint density at radius 1 is 1.40 bits per heavy atom. The third-order valence-corrected chi connectivity index (χ3v) is 4.62.